The van der Waals surface area contributed by atoms with E-state index in [1.807, 2.05) is 0 Å². The van der Waals surface area contributed by atoms with Crippen LogP contribution in [0.1, 0.15) is 5.56 Å². The summed E-state index contributed by atoms with van der Waals surface area (Å²) in [5.41, 5.74) is 6.11. The van der Waals surface area contributed by atoms with Crippen molar-refractivity contribution in [2.45, 2.75) is 6.54 Å². The van der Waals surface area contributed by atoms with Gasteiger partial charge in [-0.15, -0.1) is 0 Å². The van der Waals surface area contributed by atoms with Crippen LogP contribution in [0.2, 0.25) is 10.0 Å². The van der Waals surface area contributed by atoms with Crippen LogP contribution in [0.15, 0.2) is 36.4 Å². The molecule has 0 radical (unpaired) electrons. The maximum Gasteiger partial charge on any atom is 0.146 e. The van der Waals surface area contributed by atoms with E-state index < -0.39 is 5.82 Å². The minimum absolute atomic E-state index is 0.239. The van der Waals surface area contributed by atoms with Crippen LogP contribution < -0.4 is 10.5 Å². The van der Waals surface area contributed by atoms with Crippen molar-refractivity contribution in [3.05, 3.63) is 57.8 Å². The largest absolute Gasteiger partial charge is 0.456 e. The van der Waals surface area contributed by atoms with Crippen molar-refractivity contribution in [3.63, 3.8) is 0 Å². The topological polar surface area (TPSA) is 35.2 Å². The Hall–Kier alpha value is -1.29. The highest BCUT2D eigenvalue weighted by Crippen LogP contribution is 2.32. The lowest BCUT2D eigenvalue weighted by Crippen LogP contribution is -1.97. The Morgan fingerprint density at radius 2 is 1.89 bits per heavy atom. The molecule has 2 N–H and O–H groups in total. The molecule has 2 rings (SSSR count). The van der Waals surface area contributed by atoms with E-state index in [2.05, 4.69) is 0 Å². The number of rotatable bonds is 3. The molecule has 0 heterocycles. The number of hydrogen-bond acceptors (Lipinski definition) is 2. The van der Waals surface area contributed by atoms with Gasteiger partial charge in [-0.3, -0.25) is 0 Å². The first kappa shape index (κ1) is 13.1. The van der Waals surface area contributed by atoms with Crippen molar-refractivity contribution < 1.29 is 9.13 Å². The van der Waals surface area contributed by atoms with Crippen molar-refractivity contribution in [1.82, 2.24) is 0 Å². The van der Waals surface area contributed by atoms with Crippen LogP contribution >= 0.6 is 23.2 Å². The molecule has 0 aromatic heterocycles. The van der Waals surface area contributed by atoms with E-state index >= 15 is 0 Å². The second-order valence-corrected chi connectivity index (χ2v) is 4.52. The lowest BCUT2D eigenvalue weighted by molar-refractivity contribution is 0.476. The molecule has 5 heteroatoms. The highest BCUT2D eigenvalue weighted by molar-refractivity contribution is 6.35. The molecule has 0 atom stereocenters. The molecule has 0 fully saturated rings. The first-order valence-corrected chi connectivity index (χ1v) is 5.96. The molecular formula is C13H10Cl2FNO. The quantitative estimate of drug-likeness (QED) is 0.908. The first-order chi connectivity index (χ1) is 8.58. The van der Waals surface area contributed by atoms with Gasteiger partial charge in [0.1, 0.15) is 17.3 Å². The van der Waals surface area contributed by atoms with Crippen LogP contribution in [0.4, 0.5) is 4.39 Å². The van der Waals surface area contributed by atoms with E-state index in [9.17, 15) is 4.39 Å². The maximum atomic E-state index is 13.3. The summed E-state index contributed by atoms with van der Waals surface area (Å²) in [4.78, 5) is 0. The van der Waals surface area contributed by atoms with Crippen molar-refractivity contribution in [3.8, 4) is 11.5 Å². The number of halogens is 3. The smallest absolute Gasteiger partial charge is 0.146 e. The third kappa shape index (κ3) is 3.13. The maximum absolute atomic E-state index is 13.3. The monoisotopic (exact) mass is 285 g/mol. The Morgan fingerprint density at radius 3 is 2.56 bits per heavy atom. The molecule has 0 aliphatic rings. The minimum Gasteiger partial charge on any atom is -0.456 e. The normalized spacial score (nSPS) is 10.4. The van der Waals surface area contributed by atoms with Gasteiger partial charge >= 0.3 is 0 Å². The van der Waals surface area contributed by atoms with Crippen molar-refractivity contribution >= 4 is 23.2 Å². The van der Waals surface area contributed by atoms with Crippen molar-refractivity contribution in [2.24, 2.45) is 5.73 Å². The Morgan fingerprint density at radius 1 is 1.11 bits per heavy atom. The summed E-state index contributed by atoms with van der Waals surface area (Å²) in [5, 5.41) is 0.871. The van der Waals surface area contributed by atoms with Crippen LogP contribution in [0.3, 0.4) is 0 Å². The van der Waals surface area contributed by atoms with Gasteiger partial charge in [-0.1, -0.05) is 23.2 Å². The Balaban J connectivity index is 2.30. The summed E-state index contributed by atoms with van der Waals surface area (Å²) < 4.78 is 18.8. The van der Waals surface area contributed by atoms with Gasteiger partial charge in [0, 0.05) is 17.6 Å². The summed E-state index contributed by atoms with van der Waals surface area (Å²) >= 11 is 11.7. The second kappa shape index (κ2) is 5.57. The number of nitrogens with two attached hydrogens (primary N) is 1. The van der Waals surface area contributed by atoms with Crippen molar-refractivity contribution in [1.29, 1.82) is 0 Å². The molecule has 18 heavy (non-hydrogen) atoms. The molecule has 2 nitrogen and oxygen atoms in total. The molecule has 0 saturated carbocycles. The van der Waals surface area contributed by atoms with Crippen LogP contribution in [-0.4, -0.2) is 0 Å². The minimum atomic E-state index is -0.405. The Kier molecular flexibility index (Phi) is 4.07. The van der Waals surface area contributed by atoms with E-state index in [1.165, 1.54) is 12.1 Å². The summed E-state index contributed by atoms with van der Waals surface area (Å²) in [5.74, 6) is 0.354. The molecular weight excluding hydrogens is 276 g/mol. The summed E-state index contributed by atoms with van der Waals surface area (Å²) in [6, 6.07) is 9.11. The van der Waals surface area contributed by atoms with E-state index in [4.69, 9.17) is 33.7 Å². The third-order valence-electron chi connectivity index (χ3n) is 2.29. The van der Waals surface area contributed by atoms with E-state index in [1.54, 1.807) is 24.3 Å². The molecule has 0 aliphatic heterocycles. The highest BCUT2D eigenvalue weighted by atomic mass is 35.5. The Bertz CT molecular complexity index is 575. The summed E-state index contributed by atoms with van der Waals surface area (Å²) in [7, 11) is 0. The number of hydrogen-bond donors (Lipinski definition) is 1. The molecule has 2 aromatic rings. The van der Waals surface area contributed by atoms with Gasteiger partial charge in [0.15, 0.2) is 0 Å². The highest BCUT2D eigenvalue weighted by Gasteiger charge is 2.06. The SMILES string of the molecule is NCc1cc(F)cc(Oc2ccc(Cl)cc2Cl)c1. The molecule has 0 unspecified atom stereocenters. The molecule has 0 saturated heterocycles. The average Bonchev–Trinajstić information content (AvgIpc) is 2.32. The standard InChI is InChI=1S/C13H10Cl2FNO/c14-9-1-2-13(12(15)5-9)18-11-4-8(7-17)3-10(16)6-11/h1-6H,7,17H2. The van der Waals surface area contributed by atoms with Gasteiger partial charge in [-0.05, 0) is 35.9 Å². The van der Waals surface area contributed by atoms with Crippen LogP contribution in [0.25, 0.3) is 0 Å². The zero-order valence-corrected chi connectivity index (χ0v) is 10.8. The average molecular weight is 286 g/mol. The van der Waals surface area contributed by atoms with Gasteiger partial charge in [0.25, 0.3) is 0 Å². The zero-order chi connectivity index (χ0) is 13.1. The third-order valence-corrected chi connectivity index (χ3v) is 2.82. The Labute approximate surface area is 114 Å². The zero-order valence-electron chi connectivity index (χ0n) is 9.29. The van der Waals surface area contributed by atoms with E-state index in [0.717, 1.165) is 0 Å². The van der Waals surface area contributed by atoms with E-state index in [0.29, 0.717) is 27.1 Å². The molecule has 94 valence electrons. The molecule has 0 aliphatic carbocycles. The van der Waals surface area contributed by atoms with Gasteiger partial charge in [-0.2, -0.15) is 0 Å². The predicted molar refractivity (Wildman–Crippen MR) is 70.8 cm³/mol. The fraction of sp³-hybridized carbons (Fsp3) is 0.0769. The fourth-order valence-electron chi connectivity index (χ4n) is 1.48. The second-order valence-electron chi connectivity index (χ2n) is 3.68. The number of ether oxygens (including phenoxy) is 1. The lowest BCUT2D eigenvalue weighted by atomic mass is 10.2. The van der Waals surface area contributed by atoms with Crippen molar-refractivity contribution in [2.75, 3.05) is 0 Å². The summed E-state index contributed by atoms with van der Waals surface area (Å²) in [6.07, 6.45) is 0. The van der Waals surface area contributed by atoms with Crippen LogP contribution in [0.5, 0.6) is 11.5 Å². The fourth-order valence-corrected chi connectivity index (χ4v) is 1.93. The van der Waals surface area contributed by atoms with E-state index in [-0.39, 0.29) is 6.54 Å². The molecule has 2 aromatic carbocycles. The van der Waals surface area contributed by atoms with Gasteiger partial charge in [0.05, 0.1) is 5.02 Å². The van der Waals surface area contributed by atoms with Crippen LogP contribution in [-0.2, 0) is 6.54 Å². The molecule has 0 spiro atoms. The summed E-state index contributed by atoms with van der Waals surface area (Å²) in [6.45, 7) is 0.239. The first-order valence-electron chi connectivity index (χ1n) is 5.21. The lowest BCUT2D eigenvalue weighted by Gasteiger charge is -2.09. The van der Waals surface area contributed by atoms with Crippen LogP contribution in [0, 0.1) is 5.82 Å². The van der Waals surface area contributed by atoms with Gasteiger partial charge in [0.2, 0.25) is 0 Å². The van der Waals surface area contributed by atoms with Gasteiger partial charge in [-0.25, -0.2) is 4.39 Å². The molecule has 0 bridgehead atoms. The number of benzene rings is 2. The predicted octanol–water partition coefficient (Wildman–Crippen LogP) is 4.38. The molecule has 0 amide bonds. The van der Waals surface area contributed by atoms with Gasteiger partial charge < -0.3 is 10.5 Å².